The average molecular weight is 280 g/mol. The lowest BCUT2D eigenvalue weighted by Crippen LogP contribution is -2.42. The normalized spacial score (nSPS) is 20.9. The first-order valence-electron chi connectivity index (χ1n) is 6.17. The zero-order valence-electron chi connectivity index (χ0n) is 10.5. The number of β-amino-alcohol motifs (C(OH)–C–C–N with tert-alkyl or cyclic N) is 1. The SMILES string of the molecule is N#Cc1ccccc1CS(=O)(=O)N1CCC[C@H](O)C1. The molecule has 1 aliphatic rings. The van der Waals surface area contributed by atoms with Crippen LogP contribution in [0.1, 0.15) is 24.0 Å². The summed E-state index contributed by atoms with van der Waals surface area (Å²) in [5.74, 6) is -0.191. The number of benzene rings is 1. The van der Waals surface area contributed by atoms with Gasteiger partial charge < -0.3 is 5.11 Å². The van der Waals surface area contributed by atoms with Crippen LogP contribution in [0.25, 0.3) is 0 Å². The highest BCUT2D eigenvalue weighted by Crippen LogP contribution is 2.19. The van der Waals surface area contributed by atoms with E-state index in [0.29, 0.717) is 30.5 Å². The first-order valence-corrected chi connectivity index (χ1v) is 7.78. The van der Waals surface area contributed by atoms with Gasteiger partial charge in [-0.3, -0.25) is 0 Å². The Morgan fingerprint density at radius 1 is 1.42 bits per heavy atom. The van der Waals surface area contributed by atoms with Crippen molar-refractivity contribution in [3.63, 3.8) is 0 Å². The first kappa shape index (κ1) is 14.0. The van der Waals surface area contributed by atoms with E-state index < -0.39 is 16.1 Å². The smallest absolute Gasteiger partial charge is 0.218 e. The van der Waals surface area contributed by atoms with E-state index in [4.69, 9.17) is 5.26 Å². The van der Waals surface area contributed by atoms with E-state index in [1.165, 1.54) is 4.31 Å². The van der Waals surface area contributed by atoms with E-state index in [0.717, 1.165) is 0 Å². The number of hydrogen-bond acceptors (Lipinski definition) is 4. The Morgan fingerprint density at radius 3 is 2.84 bits per heavy atom. The molecule has 1 aromatic carbocycles. The molecule has 0 aliphatic carbocycles. The van der Waals surface area contributed by atoms with Crippen LogP contribution in [-0.4, -0.2) is 37.0 Å². The fraction of sp³-hybridized carbons (Fsp3) is 0.462. The van der Waals surface area contributed by atoms with Gasteiger partial charge in [-0.05, 0) is 24.5 Å². The van der Waals surface area contributed by atoms with E-state index in [1.54, 1.807) is 24.3 Å². The zero-order valence-corrected chi connectivity index (χ0v) is 11.3. The largest absolute Gasteiger partial charge is 0.392 e. The van der Waals surface area contributed by atoms with Crippen molar-refractivity contribution in [3.05, 3.63) is 35.4 Å². The van der Waals surface area contributed by atoms with E-state index in [-0.39, 0.29) is 12.3 Å². The molecular weight excluding hydrogens is 264 g/mol. The number of sulfonamides is 1. The Kier molecular flexibility index (Phi) is 4.20. The summed E-state index contributed by atoms with van der Waals surface area (Å²) in [4.78, 5) is 0. The maximum Gasteiger partial charge on any atom is 0.218 e. The Balaban J connectivity index is 2.19. The number of hydrogen-bond donors (Lipinski definition) is 1. The second kappa shape index (κ2) is 5.70. The Labute approximate surface area is 113 Å². The minimum Gasteiger partial charge on any atom is -0.392 e. The molecule has 0 unspecified atom stereocenters. The molecule has 1 aromatic rings. The zero-order chi connectivity index (χ0) is 13.9. The van der Waals surface area contributed by atoms with Gasteiger partial charge in [0, 0.05) is 13.1 Å². The number of aliphatic hydroxyl groups is 1. The summed E-state index contributed by atoms with van der Waals surface area (Å²) in [6, 6.07) is 8.68. The van der Waals surface area contributed by atoms with Crippen LogP contribution in [0.3, 0.4) is 0 Å². The minimum atomic E-state index is -3.48. The van der Waals surface area contributed by atoms with Gasteiger partial charge >= 0.3 is 0 Å². The molecule has 1 saturated heterocycles. The van der Waals surface area contributed by atoms with Crippen molar-refractivity contribution in [2.75, 3.05) is 13.1 Å². The summed E-state index contributed by atoms with van der Waals surface area (Å²) in [6.07, 6.45) is 0.718. The molecule has 0 amide bonds. The standard InChI is InChI=1S/C13H16N2O3S/c14-8-11-4-1-2-5-12(11)10-19(17,18)15-7-3-6-13(16)9-15/h1-2,4-5,13,16H,3,6-7,9-10H2/t13-/m0/s1. The summed E-state index contributed by atoms with van der Waals surface area (Å²) < 4.78 is 25.9. The number of aliphatic hydroxyl groups excluding tert-OH is 1. The summed E-state index contributed by atoms with van der Waals surface area (Å²) in [5.41, 5.74) is 0.883. The van der Waals surface area contributed by atoms with E-state index in [1.807, 2.05) is 6.07 Å². The Bertz CT molecular complexity index is 592. The van der Waals surface area contributed by atoms with E-state index >= 15 is 0 Å². The van der Waals surface area contributed by atoms with Crippen LogP contribution < -0.4 is 0 Å². The van der Waals surface area contributed by atoms with Gasteiger partial charge in [-0.2, -0.15) is 9.57 Å². The number of nitriles is 1. The summed E-state index contributed by atoms with van der Waals surface area (Å²) in [5, 5.41) is 18.5. The van der Waals surface area contributed by atoms with Crippen molar-refractivity contribution in [3.8, 4) is 6.07 Å². The molecule has 19 heavy (non-hydrogen) atoms. The van der Waals surface area contributed by atoms with E-state index in [9.17, 15) is 13.5 Å². The molecule has 0 aromatic heterocycles. The molecule has 102 valence electrons. The highest BCUT2D eigenvalue weighted by molar-refractivity contribution is 7.88. The third-order valence-corrected chi connectivity index (χ3v) is 5.02. The summed E-state index contributed by atoms with van der Waals surface area (Å²) in [7, 11) is -3.48. The van der Waals surface area contributed by atoms with Gasteiger partial charge in [0.05, 0.1) is 23.5 Å². The first-order chi connectivity index (χ1) is 9.03. The van der Waals surface area contributed by atoms with Gasteiger partial charge in [-0.25, -0.2) is 8.42 Å². The van der Waals surface area contributed by atoms with Crippen LogP contribution in [0.4, 0.5) is 0 Å². The highest BCUT2D eigenvalue weighted by atomic mass is 32.2. The van der Waals surface area contributed by atoms with Crippen LogP contribution in [-0.2, 0) is 15.8 Å². The number of nitrogens with zero attached hydrogens (tertiary/aromatic N) is 2. The van der Waals surface area contributed by atoms with Crippen LogP contribution in [0, 0.1) is 11.3 Å². The van der Waals surface area contributed by atoms with Crippen molar-refractivity contribution < 1.29 is 13.5 Å². The van der Waals surface area contributed by atoms with E-state index in [2.05, 4.69) is 0 Å². The fourth-order valence-electron chi connectivity index (χ4n) is 2.22. The second-order valence-corrected chi connectivity index (χ2v) is 6.65. The average Bonchev–Trinajstić information content (AvgIpc) is 2.39. The van der Waals surface area contributed by atoms with Gasteiger partial charge in [0.2, 0.25) is 10.0 Å². The quantitative estimate of drug-likeness (QED) is 0.889. The third kappa shape index (κ3) is 3.32. The molecule has 1 heterocycles. The molecule has 6 heteroatoms. The maximum absolute atomic E-state index is 12.3. The van der Waals surface area contributed by atoms with Crippen molar-refractivity contribution in [2.45, 2.75) is 24.7 Å². The number of piperidine rings is 1. The Hall–Kier alpha value is -1.42. The maximum atomic E-state index is 12.3. The highest BCUT2D eigenvalue weighted by Gasteiger charge is 2.28. The second-order valence-electron chi connectivity index (χ2n) is 4.68. The van der Waals surface area contributed by atoms with Gasteiger partial charge in [0.25, 0.3) is 0 Å². The van der Waals surface area contributed by atoms with Crippen molar-refractivity contribution in [2.24, 2.45) is 0 Å². The lowest BCUT2D eigenvalue weighted by atomic mass is 10.1. The monoisotopic (exact) mass is 280 g/mol. The van der Waals surface area contributed by atoms with Crippen LogP contribution in [0.2, 0.25) is 0 Å². The molecule has 0 bridgehead atoms. The molecule has 5 nitrogen and oxygen atoms in total. The van der Waals surface area contributed by atoms with Crippen molar-refractivity contribution in [1.29, 1.82) is 5.26 Å². The predicted molar refractivity (Wildman–Crippen MR) is 70.6 cm³/mol. The van der Waals surface area contributed by atoms with Gasteiger partial charge in [-0.15, -0.1) is 0 Å². The molecule has 0 saturated carbocycles. The summed E-state index contributed by atoms with van der Waals surface area (Å²) in [6.45, 7) is 0.588. The van der Waals surface area contributed by atoms with Gasteiger partial charge in [0.15, 0.2) is 0 Å². The molecular formula is C13H16N2O3S. The molecule has 0 spiro atoms. The van der Waals surface area contributed by atoms with Crippen molar-refractivity contribution in [1.82, 2.24) is 4.31 Å². The van der Waals surface area contributed by atoms with Crippen molar-refractivity contribution >= 4 is 10.0 Å². The molecule has 1 aliphatic heterocycles. The molecule has 1 atom stereocenters. The molecule has 0 radical (unpaired) electrons. The number of rotatable bonds is 3. The third-order valence-electron chi connectivity index (χ3n) is 3.23. The lowest BCUT2D eigenvalue weighted by molar-refractivity contribution is 0.108. The Morgan fingerprint density at radius 2 is 2.16 bits per heavy atom. The van der Waals surface area contributed by atoms with Crippen LogP contribution in [0.15, 0.2) is 24.3 Å². The summed E-state index contributed by atoms with van der Waals surface area (Å²) >= 11 is 0. The lowest BCUT2D eigenvalue weighted by Gasteiger charge is -2.29. The fourth-order valence-corrected chi connectivity index (χ4v) is 3.85. The van der Waals surface area contributed by atoms with Gasteiger partial charge in [-0.1, -0.05) is 18.2 Å². The molecule has 2 rings (SSSR count). The van der Waals surface area contributed by atoms with Gasteiger partial charge in [0.1, 0.15) is 0 Å². The molecule has 1 N–H and O–H groups in total. The van der Waals surface area contributed by atoms with Crippen LogP contribution >= 0.6 is 0 Å². The topological polar surface area (TPSA) is 81.4 Å². The predicted octanol–water partition coefficient (Wildman–Crippen LogP) is 0.845. The minimum absolute atomic E-state index is 0.150. The van der Waals surface area contributed by atoms with Crippen LogP contribution in [0.5, 0.6) is 0 Å². The molecule has 1 fully saturated rings.